The van der Waals surface area contributed by atoms with Crippen LogP contribution in [-0.2, 0) is 0 Å². The van der Waals surface area contributed by atoms with Crippen molar-refractivity contribution in [3.63, 3.8) is 0 Å². The van der Waals surface area contributed by atoms with Crippen molar-refractivity contribution in [2.75, 3.05) is 0 Å². The van der Waals surface area contributed by atoms with Gasteiger partial charge < -0.3 is 4.98 Å². The van der Waals surface area contributed by atoms with Crippen LogP contribution in [0, 0.1) is 17.6 Å². The molecule has 0 aliphatic rings. The lowest BCUT2D eigenvalue weighted by atomic mass is 10.1. The fraction of sp³-hybridized carbons (Fsp3) is 0.308. The van der Waals surface area contributed by atoms with Crippen LogP contribution >= 0.6 is 11.8 Å². The summed E-state index contributed by atoms with van der Waals surface area (Å²) in [5, 5.41) is 0.0428. The van der Waals surface area contributed by atoms with E-state index < -0.39 is 11.6 Å². The molecule has 1 heterocycles. The topological polar surface area (TPSA) is 28.7 Å². The molecule has 1 aromatic carbocycles. The summed E-state index contributed by atoms with van der Waals surface area (Å²) in [6, 6.07) is 3.56. The van der Waals surface area contributed by atoms with E-state index in [1.165, 1.54) is 23.9 Å². The van der Waals surface area contributed by atoms with Crippen LogP contribution in [0.5, 0.6) is 0 Å². The summed E-state index contributed by atoms with van der Waals surface area (Å²) >= 11 is 1.41. The van der Waals surface area contributed by atoms with Crippen LogP contribution in [0.15, 0.2) is 35.5 Å². The van der Waals surface area contributed by atoms with Gasteiger partial charge in [0.25, 0.3) is 0 Å². The van der Waals surface area contributed by atoms with Gasteiger partial charge in [-0.05, 0) is 18.1 Å². The molecule has 0 saturated heterocycles. The van der Waals surface area contributed by atoms with Gasteiger partial charge in [-0.2, -0.15) is 0 Å². The van der Waals surface area contributed by atoms with Crippen molar-refractivity contribution in [3.05, 3.63) is 48.1 Å². The van der Waals surface area contributed by atoms with Crippen LogP contribution in [0.25, 0.3) is 0 Å². The molecule has 1 unspecified atom stereocenters. The summed E-state index contributed by atoms with van der Waals surface area (Å²) < 4.78 is 26.3. The first-order valence-corrected chi connectivity index (χ1v) is 6.56. The minimum atomic E-state index is -0.556. The van der Waals surface area contributed by atoms with Crippen LogP contribution in [0.1, 0.15) is 24.9 Å². The Morgan fingerprint density at radius 3 is 2.33 bits per heavy atom. The SMILES string of the molecule is CC(C)C(Sc1cc(F)cc(F)c1)c1ncc[nH]1. The highest BCUT2D eigenvalue weighted by molar-refractivity contribution is 7.99. The van der Waals surface area contributed by atoms with Crippen molar-refractivity contribution >= 4 is 11.8 Å². The smallest absolute Gasteiger partial charge is 0.127 e. The Bertz CT molecular complexity index is 491. The van der Waals surface area contributed by atoms with Crippen LogP contribution in [-0.4, -0.2) is 9.97 Å². The number of H-pyrrole nitrogens is 1. The molecule has 1 N–H and O–H groups in total. The van der Waals surface area contributed by atoms with Crippen molar-refractivity contribution in [1.29, 1.82) is 0 Å². The number of nitrogens with one attached hydrogen (secondary N) is 1. The predicted octanol–water partition coefficient (Wildman–Crippen LogP) is 4.18. The highest BCUT2D eigenvalue weighted by Crippen LogP contribution is 2.39. The fourth-order valence-electron chi connectivity index (χ4n) is 1.68. The third-order valence-corrected chi connectivity index (χ3v) is 4.02. The third kappa shape index (κ3) is 3.10. The van der Waals surface area contributed by atoms with Gasteiger partial charge in [-0.15, -0.1) is 11.8 Å². The maximum Gasteiger partial charge on any atom is 0.127 e. The number of nitrogens with zero attached hydrogens (tertiary/aromatic N) is 1. The average molecular weight is 268 g/mol. The number of rotatable bonds is 4. The molecule has 2 aromatic rings. The van der Waals surface area contributed by atoms with E-state index in [9.17, 15) is 8.78 Å². The lowest BCUT2D eigenvalue weighted by Gasteiger charge is -2.18. The normalized spacial score (nSPS) is 12.9. The molecule has 0 amide bonds. The van der Waals surface area contributed by atoms with Crippen LogP contribution < -0.4 is 0 Å². The summed E-state index contributed by atoms with van der Waals surface area (Å²) in [7, 11) is 0. The number of aromatic amines is 1. The lowest BCUT2D eigenvalue weighted by molar-refractivity contribution is 0.576. The molecule has 18 heavy (non-hydrogen) atoms. The fourth-order valence-corrected chi connectivity index (χ4v) is 2.85. The minimum absolute atomic E-state index is 0.0428. The molecular formula is C13H14F2N2S. The second-order valence-corrected chi connectivity index (χ2v) is 5.58. The van der Waals surface area contributed by atoms with Crippen molar-refractivity contribution in [1.82, 2.24) is 9.97 Å². The molecule has 1 aromatic heterocycles. The molecule has 0 bridgehead atoms. The molecular weight excluding hydrogens is 254 g/mol. The predicted molar refractivity (Wildman–Crippen MR) is 68.4 cm³/mol. The van der Waals surface area contributed by atoms with Crippen molar-refractivity contribution < 1.29 is 8.78 Å². The number of imidazole rings is 1. The van der Waals surface area contributed by atoms with Crippen molar-refractivity contribution in [3.8, 4) is 0 Å². The van der Waals surface area contributed by atoms with Crippen LogP contribution in [0.4, 0.5) is 8.78 Å². The van der Waals surface area contributed by atoms with Gasteiger partial charge >= 0.3 is 0 Å². The van der Waals surface area contributed by atoms with Crippen LogP contribution in [0.2, 0.25) is 0 Å². The third-order valence-electron chi connectivity index (χ3n) is 2.49. The number of hydrogen-bond donors (Lipinski definition) is 1. The standard InChI is InChI=1S/C13H14F2N2S/c1-8(2)12(13-16-3-4-17-13)18-11-6-9(14)5-10(15)7-11/h3-8,12H,1-2H3,(H,16,17). The average Bonchev–Trinajstić information content (AvgIpc) is 2.77. The van der Waals surface area contributed by atoms with Gasteiger partial charge in [0.2, 0.25) is 0 Å². The van der Waals surface area contributed by atoms with Crippen LogP contribution in [0.3, 0.4) is 0 Å². The largest absolute Gasteiger partial charge is 0.348 e. The Morgan fingerprint density at radius 1 is 1.17 bits per heavy atom. The first kappa shape index (κ1) is 13.1. The van der Waals surface area contributed by atoms with E-state index in [0.717, 1.165) is 11.9 Å². The van der Waals surface area contributed by atoms with E-state index in [1.54, 1.807) is 12.4 Å². The number of hydrogen-bond acceptors (Lipinski definition) is 2. The molecule has 5 heteroatoms. The first-order valence-electron chi connectivity index (χ1n) is 5.68. The minimum Gasteiger partial charge on any atom is -0.348 e. The quantitative estimate of drug-likeness (QED) is 0.843. The summed E-state index contributed by atoms with van der Waals surface area (Å²) in [5.74, 6) is 0.00560. The lowest BCUT2D eigenvalue weighted by Crippen LogP contribution is -2.04. The molecule has 0 fully saturated rings. The Balaban J connectivity index is 2.24. The highest BCUT2D eigenvalue weighted by Gasteiger charge is 2.20. The summed E-state index contributed by atoms with van der Waals surface area (Å²) in [4.78, 5) is 7.84. The van der Waals surface area contributed by atoms with E-state index in [0.29, 0.717) is 10.8 Å². The molecule has 0 aliphatic heterocycles. The van der Waals surface area contributed by atoms with Gasteiger partial charge in [0.05, 0.1) is 5.25 Å². The maximum absolute atomic E-state index is 13.1. The number of aromatic nitrogens is 2. The van der Waals surface area contributed by atoms with E-state index in [4.69, 9.17) is 0 Å². The molecule has 0 aliphatic carbocycles. The molecule has 2 rings (SSSR count). The van der Waals surface area contributed by atoms with Gasteiger partial charge in [-0.3, -0.25) is 0 Å². The second kappa shape index (κ2) is 5.52. The Morgan fingerprint density at radius 2 is 1.83 bits per heavy atom. The number of thioether (sulfide) groups is 1. The van der Waals surface area contributed by atoms with Gasteiger partial charge in [0.1, 0.15) is 17.5 Å². The molecule has 96 valence electrons. The molecule has 1 atom stereocenters. The zero-order valence-electron chi connectivity index (χ0n) is 10.2. The summed E-state index contributed by atoms with van der Waals surface area (Å²) in [5.41, 5.74) is 0. The van der Waals surface area contributed by atoms with Gasteiger partial charge in [-0.1, -0.05) is 13.8 Å². The van der Waals surface area contributed by atoms with Crippen molar-refractivity contribution in [2.45, 2.75) is 24.0 Å². The van der Waals surface area contributed by atoms with E-state index >= 15 is 0 Å². The summed E-state index contributed by atoms with van der Waals surface area (Å²) in [6.45, 7) is 4.10. The number of benzene rings is 1. The zero-order valence-corrected chi connectivity index (χ0v) is 11.0. The number of halogens is 2. The van der Waals surface area contributed by atoms with E-state index in [2.05, 4.69) is 23.8 Å². The monoisotopic (exact) mass is 268 g/mol. The van der Waals surface area contributed by atoms with Gasteiger partial charge in [0, 0.05) is 23.4 Å². The summed E-state index contributed by atoms with van der Waals surface area (Å²) in [6.07, 6.45) is 3.43. The Labute approximate surface area is 109 Å². The first-order chi connectivity index (χ1) is 8.56. The molecule has 2 nitrogen and oxygen atoms in total. The Hall–Kier alpha value is -1.36. The molecule has 0 radical (unpaired) electrons. The second-order valence-electron chi connectivity index (χ2n) is 4.36. The van der Waals surface area contributed by atoms with E-state index in [-0.39, 0.29) is 5.25 Å². The van der Waals surface area contributed by atoms with Gasteiger partial charge in [0.15, 0.2) is 0 Å². The van der Waals surface area contributed by atoms with E-state index in [1.807, 2.05) is 0 Å². The molecule has 0 spiro atoms. The molecule has 0 saturated carbocycles. The highest BCUT2D eigenvalue weighted by atomic mass is 32.2. The Kier molecular flexibility index (Phi) is 4.01. The zero-order chi connectivity index (χ0) is 13.1. The van der Waals surface area contributed by atoms with Crippen molar-refractivity contribution in [2.24, 2.45) is 5.92 Å². The van der Waals surface area contributed by atoms with Gasteiger partial charge in [-0.25, -0.2) is 13.8 Å². The maximum atomic E-state index is 13.1.